The highest BCUT2D eigenvalue weighted by atomic mass is 19.1. The van der Waals surface area contributed by atoms with Crippen LogP contribution in [0.5, 0.6) is 0 Å². The number of nitrogens with one attached hydrogen (secondary N) is 4. The third kappa shape index (κ3) is 7.03. The summed E-state index contributed by atoms with van der Waals surface area (Å²) in [6.45, 7) is 4.82. The van der Waals surface area contributed by atoms with Gasteiger partial charge < -0.3 is 31.9 Å². The molecule has 7 nitrogen and oxygen atoms in total. The predicted octanol–water partition coefficient (Wildman–Crippen LogP) is 2.05. The van der Waals surface area contributed by atoms with E-state index in [0.717, 1.165) is 37.7 Å². The number of halogens is 2. The first-order valence-corrected chi connectivity index (χ1v) is 10.8. The van der Waals surface area contributed by atoms with Crippen molar-refractivity contribution in [3.8, 4) is 0 Å². The van der Waals surface area contributed by atoms with E-state index in [-0.39, 0.29) is 18.0 Å². The number of carbonyl (C=O) groups is 1. The third-order valence-electron chi connectivity index (χ3n) is 5.28. The van der Waals surface area contributed by atoms with Gasteiger partial charge in [0.15, 0.2) is 0 Å². The number of rotatable bonds is 6. The van der Waals surface area contributed by atoms with Gasteiger partial charge in [0.25, 0.3) is 0 Å². The summed E-state index contributed by atoms with van der Waals surface area (Å²) in [5, 5.41) is 12.5. The Balaban J connectivity index is 0.000000235. The van der Waals surface area contributed by atoms with Crippen molar-refractivity contribution >= 4 is 17.3 Å². The van der Waals surface area contributed by atoms with Crippen LogP contribution in [0.25, 0.3) is 0 Å². The average Bonchev–Trinajstić information content (AvgIpc) is 2.83. The average molecular weight is 457 g/mol. The molecule has 1 saturated heterocycles. The van der Waals surface area contributed by atoms with Gasteiger partial charge in [0, 0.05) is 61.8 Å². The molecule has 0 unspecified atom stereocenters. The largest absolute Gasteiger partial charge is 0.369 e. The molecule has 2 aromatic carbocycles. The predicted molar refractivity (Wildman–Crippen MR) is 128 cm³/mol. The summed E-state index contributed by atoms with van der Waals surface area (Å²) < 4.78 is 25.5. The number of amides is 1. The molecular weight excluding hydrogens is 426 g/mol. The van der Waals surface area contributed by atoms with E-state index in [2.05, 4.69) is 50.4 Å². The minimum Gasteiger partial charge on any atom is -0.369 e. The maximum absolute atomic E-state index is 12.8. The second-order valence-electron chi connectivity index (χ2n) is 7.63. The number of carbonyl (C=O) groups excluding carboxylic acids is 1. The molecule has 0 atom stereocenters. The number of benzene rings is 2. The molecule has 33 heavy (non-hydrogen) atoms. The first-order chi connectivity index (χ1) is 16.0. The van der Waals surface area contributed by atoms with Crippen molar-refractivity contribution in [2.75, 3.05) is 50.0 Å². The molecule has 6 N–H and O–H groups in total. The number of hydrogen-bond donors (Lipinski definition) is 5. The lowest BCUT2D eigenvalue weighted by atomic mass is 10.2. The van der Waals surface area contributed by atoms with Crippen molar-refractivity contribution in [3.63, 3.8) is 0 Å². The molecule has 4 rings (SSSR count). The molecule has 2 aliphatic rings. The van der Waals surface area contributed by atoms with Crippen LogP contribution in [0.1, 0.15) is 5.56 Å². The molecule has 1 fully saturated rings. The second kappa shape index (κ2) is 12.0. The van der Waals surface area contributed by atoms with Crippen LogP contribution in [0.15, 0.2) is 66.0 Å². The number of piperazine rings is 1. The highest BCUT2D eigenvalue weighted by molar-refractivity contribution is 5.93. The van der Waals surface area contributed by atoms with Crippen LogP contribution in [-0.4, -0.2) is 45.7 Å². The van der Waals surface area contributed by atoms with Crippen LogP contribution in [0.4, 0.5) is 20.2 Å². The number of allylic oxidation sites excluding steroid dienone is 2. The standard InChI is InChI=1S/C16H21N5O.C8H9F2N/c17-16(22)12-1-6-15(19-11-12)20-13-2-4-14(5-3-13)21-9-7-18-8-10-21;1-11-5-6-7(9)3-2-4-8(6)10/h1-6,18-20H,7-11H2,(H2,17,22);2-4,11H,5H2,1H3. The topological polar surface area (TPSA) is 94.4 Å². The van der Waals surface area contributed by atoms with E-state index >= 15 is 0 Å². The molecule has 0 bridgehead atoms. The SMILES string of the molecule is CNCc1c(F)cccc1F.NC(=O)C1=CC=C(Nc2ccc(N3CCNCC3)cc2)NC1. The Kier molecular flexibility index (Phi) is 8.79. The maximum Gasteiger partial charge on any atom is 0.246 e. The number of nitrogens with zero attached hydrogens (tertiary/aromatic N) is 1. The van der Waals surface area contributed by atoms with Gasteiger partial charge in [0.1, 0.15) is 17.5 Å². The van der Waals surface area contributed by atoms with Crippen LogP contribution in [-0.2, 0) is 11.3 Å². The van der Waals surface area contributed by atoms with Gasteiger partial charge in [-0.1, -0.05) is 6.07 Å². The lowest BCUT2D eigenvalue weighted by molar-refractivity contribution is -0.114. The number of nitrogens with two attached hydrogens (primary N) is 1. The molecule has 0 aromatic heterocycles. The van der Waals surface area contributed by atoms with Gasteiger partial charge in [-0.15, -0.1) is 0 Å². The lowest BCUT2D eigenvalue weighted by Crippen LogP contribution is -2.43. The Morgan fingerprint density at radius 3 is 2.27 bits per heavy atom. The Morgan fingerprint density at radius 1 is 1.06 bits per heavy atom. The van der Waals surface area contributed by atoms with Gasteiger partial charge in [0.2, 0.25) is 5.91 Å². The van der Waals surface area contributed by atoms with Crippen molar-refractivity contribution < 1.29 is 13.6 Å². The van der Waals surface area contributed by atoms with E-state index in [1.54, 1.807) is 13.1 Å². The zero-order chi connectivity index (χ0) is 23.6. The van der Waals surface area contributed by atoms with Crippen molar-refractivity contribution in [1.82, 2.24) is 16.0 Å². The Morgan fingerprint density at radius 2 is 1.73 bits per heavy atom. The van der Waals surface area contributed by atoms with Crippen LogP contribution in [0, 0.1) is 11.6 Å². The van der Waals surface area contributed by atoms with Crippen molar-refractivity contribution in [2.45, 2.75) is 6.54 Å². The highest BCUT2D eigenvalue weighted by Gasteiger charge is 2.12. The molecule has 2 heterocycles. The van der Waals surface area contributed by atoms with Gasteiger partial charge in [-0.3, -0.25) is 4.79 Å². The van der Waals surface area contributed by atoms with Gasteiger partial charge in [0.05, 0.1) is 0 Å². The van der Waals surface area contributed by atoms with E-state index in [4.69, 9.17) is 5.73 Å². The number of hydrogen-bond acceptors (Lipinski definition) is 6. The molecule has 0 spiro atoms. The maximum atomic E-state index is 12.8. The van der Waals surface area contributed by atoms with Crippen LogP contribution >= 0.6 is 0 Å². The van der Waals surface area contributed by atoms with Gasteiger partial charge in [-0.05, 0) is 55.6 Å². The molecule has 2 aromatic rings. The molecular formula is C24H30F2N6O. The summed E-state index contributed by atoms with van der Waals surface area (Å²) in [5.74, 6) is -0.526. The summed E-state index contributed by atoms with van der Waals surface area (Å²) in [6.07, 6.45) is 3.57. The molecule has 1 amide bonds. The molecule has 0 aliphatic carbocycles. The Bertz CT molecular complexity index is 980. The van der Waals surface area contributed by atoms with Crippen molar-refractivity contribution in [3.05, 3.63) is 83.2 Å². The van der Waals surface area contributed by atoms with E-state index in [0.29, 0.717) is 12.1 Å². The first-order valence-electron chi connectivity index (χ1n) is 10.8. The first kappa shape index (κ1) is 24.2. The van der Waals surface area contributed by atoms with E-state index in [9.17, 15) is 13.6 Å². The minimum atomic E-state index is -0.501. The third-order valence-corrected chi connectivity index (χ3v) is 5.28. The zero-order valence-electron chi connectivity index (χ0n) is 18.6. The number of anilines is 2. The summed E-state index contributed by atoms with van der Waals surface area (Å²) in [4.78, 5) is 13.4. The van der Waals surface area contributed by atoms with Crippen molar-refractivity contribution in [1.29, 1.82) is 0 Å². The van der Waals surface area contributed by atoms with Crippen LogP contribution in [0.3, 0.4) is 0 Å². The summed E-state index contributed by atoms with van der Waals surface area (Å²) >= 11 is 0. The number of primary amides is 1. The Hall–Kier alpha value is -3.43. The fourth-order valence-corrected chi connectivity index (χ4v) is 3.46. The molecule has 9 heteroatoms. The van der Waals surface area contributed by atoms with E-state index in [1.165, 1.54) is 23.9 Å². The summed E-state index contributed by atoms with van der Waals surface area (Å²) in [7, 11) is 1.64. The van der Waals surface area contributed by atoms with Gasteiger partial charge in [-0.2, -0.15) is 0 Å². The number of dihydropyridines is 1. The normalized spacial score (nSPS) is 15.4. The fraction of sp³-hybridized carbons (Fsp3) is 0.292. The molecule has 0 saturated carbocycles. The second-order valence-corrected chi connectivity index (χ2v) is 7.63. The van der Waals surface area contributed by atoms with Gasteiger partial charge in [-0.25, -0.2) is 8.78 Å². The smallest absolute Gasteiger partial charge is 0.246 e. The van der Waals surface area contributed by atoms with Crippen molar-refractivity contribution in [2.24, 2.45) is 5.73 Å². The molecule has 0 radical (unpaired) electrons. The zero-order valence-corrected chi connectivity index (χ0v) is 18.6. The monoisotopic (exact) mass is 456 g/mol. The lowest BCUT2D eigenvalue weighted by Gasteiger charge is -2.29. The van der Waals surface area contributed by atoms with Crippen LogP contribution in [0.2, 0.25) is 0 Å². The summed E-state index contributed by atoms with van der Waals surface area (Å²) in [5.41, 5.74) is 8.17. The molecule has 2 aliphatic heterocycles. The van der Waals surface area contributed by atoms with E-state index < -0.39 is 11.6 Å². The van der Waals surface area contributed by atoms with Gasteiger partial charge >= 0.3 is 0 Å². The minimum absolute atomic E-state index is 0.0926. The molecule has 176 valence electrons. The Labute approximate surface area is 192 Å². The quantitative estimate of drug-likeness (QED) is 0.457. The van der Waals surface area contributed by atoms with Crippen LogP contribution < -0.4 is 31.9 Å². The highest BCUT2D eigenvalue weighted by Crippen LogP contribution is 2.19. The fourth-order valence-electron chi connectivity index (χ4n) is 3.46. The summed E-state index contributed by atoms with van der Waals surface area (Å²) in [6, 6.07) is 12.2. The van der Waals surface area contributed by atoms with E-state index in [1.807, 2.05) is 6.08 Å².